The van der Waals surface area contributed by atoms with Crippen LogP contribution in [0.1, 0.15) is 25.8 Å². The summed E-state index contributed by atoms with van der Waals surface area (Å²) in [6, 6.07) is 6.33. The van der Waals surface area contributed by atoms with Crippen molar-refractivity contribution in [2.24, 2.45) is 5.73 Å². The lowest BCUT2D eigenvalue weighted by Gasteiger charge is -2.37. The van der Waals surface area contributed by atoms with Gasteiger partial charge in [-0.2, -0.15) is 0 Å². The van der Waals surface area contributed by atoms with Crippen molar-refractivity contribution in [3.63, 3.8) is 0 Å². The average molecular weight is 296 g/mol. The van der Waals surface area contributed by atoms with E-state index in [1.807, 2.05) is 19.1 Å². The molecule has 1 unspecified atom stereocenters. The summed E-state index contributed by atoms with van der Waals surface area (Å²) in [6.07, 6.45) is 2.10. The van der Waals surface area contributed by atoms with Crippen LogP contribution in [0, 0.1) is 0 Å². The van der Waals surface area contributed by atoms with Crippen LogP contribution in [0.15, 0.2) is 18.2 Å². The third-order valence-electron chi connectivity index (χ3n) is 3.84. The fourth-order valence-electron chi connectivity index (χ4n) is 2.94. The van der Waals surface area contributed by atoms with E-state index in [1.54, 1.807) is 0 Å². The minimum absolute atomic E-state index is 0.161. The lowest BCUT2D eigenvalue weighted by molar-refractivity contribution is 0.258. The number of para-hydroxylation sites is 1. The zero-order valence-electron chi connectivity index (χ0n) is 12.6. The summed E-state index contributed by atoms with van der Waals surface area (Å²) in [4.78, 5) is 4.95. The number of hydrogen-bond acceptors (Lipinski definition) is 3. The molecule has 2 N–H and O–H groups in total. The Balaban J connectivity index is 2.12. The first kappa shape index (κ1) is 15.6. The normalized spacial score (nSPS) is 18.3. The molecule has 1 fully saturated rings. The van der Waals surface area contributed by atoms with Gasteiger partial charge in [0.25, 0.3) is 0 Å². The van der Waals surface area contributed by atoms with E-state index in [1.165, 1.54) is 24.2 Å². The molecule has 1 aromatic rings. The quantitative estimate of drug-likeness (QED) is 0.907. The van der Waals surface area contributed by atoms with Crippen molar-refractivity contribution in [3.8, 4) is 0 Å². The van der Waals surface area contributed by atoms with E-state index in [0.29, 0.717) is 0 Å². The standard InChI is InChI=1S/C16H26ClN3/c1-3-7-19-8-10-20(11-9-19)16-14(12-13(2)18)5-4-6-15(16)17/h4-6,13H,3,7-12,18H2,1-2H3. The number of nitrogens with zero attached hydrogens (tertiary/aromatic N) is 2. The smallest absolute Gasteiger partial charge is 0.0642 e. The van der Waals surface area contributed by atoms with Gasteiger partial charge < -0.3 is 10.6 Å². The number of rotatable bonds is 5. The maximum atomic E-state index is 6.45. The molecule has 0 saturated carbocycles. The fourth-order valence-corrected chi connectivity index (χ4v) is 3.25. The Hall–Kier alpha value is -0.770. The second-order valence-electron chi connectivity index (χ2n) is 5.76. The van der Waals surface area contributed by atoms with Gasteiger partial charge in [0.2, 0.25) is 0 Å². The first-order valence-corrected chi connectivity index (χ1v) is 8.00. The molecule has 1 saturated heterocycles. The zero-order chi connectivity index (χ0) is 14.5. The SMILES string of the molecule is CCCN1CCN(c2c(Cl)cccc2CC(C)N)CC1. The number of benzene rings is 1. The maximum absolute atomic E-state index is 6.45. The first-order valence-electron chi connectivity index (χ1n) is 7.62. The predicted molar refractivity (Wildman–Crippen MR) is 87.7 cm³/mol. The third kappa shape index (κ3) is 3.87. The first-order chi connectivity index (χ1) is 9.61. The molecule has 0 spiro atoms. The van der Waals surface area contributed by atoms with Gasteiger partial charge in [-0.05, 0) is 37.9 Å². The maximum Gasteiger partial charge on any atom is 0.0642 e. The molecule has 4 heteroatoms. The van der Waals surface area contributed by atoms with Crippen molar-refractivity contribution in [3.05, 3.63) is 28.8 Å². The van der Waals surface area contributed by atoms with Gasteiger partial charge in [0.05, 0.1) is 10.7 Å². The molecule has 1 aromatic carbocycles. The van der Waals surface area contributed by atoms with Crippen LogP contribution in [0.25, 0.3) is 0 Å². The second kappa shape index (κ2) is 7.30. The zero-order valence-corrected chi connectivity index (χ0v) is 13.4. The summed E-state index contributed by atoms with van der Waals surface area (Å²) < 4.78 is 0. The van der Waals surface area contributed by atoms with Gasteiger partial charge in [-0.15, -0.1) is 0 Å². The van der Waals surface area contributed by atoms with E-state index in [2.05, 4.69) is 22.8 Å². The number of anilines is 1. The third-order valence-corrected chi connectivity index (χ3v) is 4.15. The highest BCUT2D eigenvalue weighted by Crippen LogP contribution is 2.31. The summed E-state index contributed by atoms with van der Waals surface area (Å²) in [5.74, 6) is 0. The van der Waals surface area contributed by atoms with Gasteiger partial charge in [-0.1, -0.05) is 30.7 Å². The number of hydrogen-bond donors (Lipinski definition) is 1. The van der Waals surface area contributed by atoms with Crippen LogP contribution in [0.5, 0.6) is 0 Å². The van der Waals surface area contributed by atoms with E-state index in [9.17, 15) is 0 Å². The van der Waals surface area contributed by atoms with Crippen molar-refractivity contribution < 1.29 is 0 Å². The highest BCUT2D eigenvalue weighted by Gasteiger charge is 2.20. The molecular weight excluding hydrogens is 270 g/mol. The largest absolute Gasteiger partial charge is 0.368 e. The molecule has 0 amide bonds. The van der Waals surface area contributed by atoms with E-state index < -0.39 is 0 Å². The molecule has 20 heavy (non-hydrogen) atoms. The van der Waals surface area contributed by atoms with Gasteiger partial charge in [0.15, 0.2) is 0 Å². The van der Waals surface area contributed by atoms with Crippen LogP contribution < -0.4 is 10.6 Å². The van der Waals surface area contributed by atoms with E-state index in [-0.39, 0.29) is 6.04 Å². The molecule has 2 rings (SSSR count). The van der Waals surface area contributed by atoms with Crippen molar-refractivity contribution >= 4 is 17.3 Å². The van der Waals surface area contributed by atoms with E-state index in [4.69, 9.17) is 17.3 Å². The molecule has 112 valence electrons. The van der Waals surface area contributed by atoms with Crippen LogP contribution in [0.2, 0.25) is 5.02 Å². The molecule has 1 atom stereocenters. The molecule has 1 aliphatic rings. The van der Waals surface area contributed by atoms with Crippen molar-refractivity contribution in [2.75, 3.05) is 37.6 Å². The lowest BCUT2D eigenvalue weighted by Crippen LogP contribution is -2.47. The monoisotopic (exact) mass is 295 g/mol. The van der Waals surface area contributed by atoms with Crippen LogP contribution in [-0.2, 0) is 6.42 Å². The second-order valence-corrected chi connectivity index (χ2v) is 6.16. The summed E-state index contributed by atoms with van der Waals surface area (Å²) in [7, 11) is 0. The lowest BCUT2D eigenvalue weighted by atomic mass is 10.0. The van der Waals surface area contributed by atoms with E-state index >= 15 is 0 Å². The van der Waals surface area contributed by atoms with Crippen molar-refractivity contribution in [1.29, 1.82) is 0 Å². The fraction of sp³-hybridized carbons (Fsp3) is 0.625. The molecule has 1 heterocycles. The molecule has 1 aliphatic heterocycles. The molecule has 0 bridgehead atoms. The Morgan fingerprint density at radius 1 is 1.25 bits per heavy atom. The average Bonchev–Trinajstić information content (AvgIpc) is 2.40. The molecular formula is C16H26ClN3. The Morgan fingerprint density at radius 3 is 2.55 bits per heavy atom. The summed E-state index contributed by atoms with van der Waals surface area (Å²) in [5, 5.41) is 0.854. The predicted octanol–water partition coefficient (Wildman–Crippen LogP) is 2.76. The Morgan fingerprint density at radius 2 is 1.95 bits per heavy atom. The Labute approximate surface area is 127 Å². The minimum atomic E-state index is 0.161. The van der Waals surface area contributed by atoms with Crippen LogP contribution in [0.3, 0.4) is 0 Å². The summed E-state index contributed by atoms with van der Waals surface area (Å²) >= 11 is 6.45. The highest BCUT2D eigenvalue weighted by molar-refractivity contribution is 6.33. The number of nitrogens with two attached hydrogens (primary N) is 1. The number of piperazine rings is 1. The van der Waals surface area contributed by atoms with Crippen LogP contribution >= 0.6 is 11.6 Å². The van der Waals surface area contributed by atoms with Gasteiger partial charge in [-0.25, -0.2) is 0 Å². The summed E-state index contributed by atoms with van der Waals surface area (Å²) in [5.41, 5.74) is 8.44. The van der Waals surface area contributed by atoms with Gasteiger partial charge in [0, 0.05) is 32.2 Å². The minimum Gasteiger partial charge on any atom is -0.368 e. The van der Waals surface area contributed by atoms with Gasteiger partial charge in [-0.3, -0.25) is 4.90 Å². The van der Waals surface area contributed by atoms with Crippen molar-refractivity contribution in [2.45, 2.75) is 32.7 Å². The highest BCUT2D eigenvalue weighted by atomic mass is 35.5. The Bertz CT molecular complexity index is 426. The van der Waals surface area contributed by atoms with Gasteiger partial charge >= 0.3 is 0 Å². The van der Waals surface area contributed by atoms with Crippen LogP contribution in [-0.4, -0.2) is 43.7 Å². The molecule has 3 nitrogen and oxygen atoms in total. The van der Waals surface area contributed by atoms with Crippen molar-refractivity contribution in [1.82, 2.24) is 4.90 Å². The Kier molecular flexibility index (Phi) is 5.70. The molecule has 0 aliphatic carbocycles. The summed E-state index contributed by atoms with van der Waals surface area (Å²) in [6.45, 7) is 9.83. The van der Waals surface area contributed by atoms with E-state index in [0.717, 1.165) is 37.6 Å². The number of halogens is 1. The van der Waals surface area contributed by atoms with Crippen LogP contribution in [0.4, 0.5) is 5.69 Å². The molecule has 0 radical (unpaired) electrons. The topological polar surface area (TPSA) is 32.5 Å². The molecule has 0 aromatic heterocycles. The van der Waals surface area contributed by atoms with Gasteiger partial charge in [0.1, 0.15) is 0 Å².